The monoisotopic (exact) mass is 265 g/mol. The third-order valence-corrected chi connectivity index (χ3v) is 6.98. The van der Waals surface area contributed by atoms with Crippen LogP contribution >= 0.6 is 0 Å². The summed E-state index contributed by atoms with van der Waals surface area (Å²) in [6, 6.07) is 8.77. The van der Waals surface area contributed by atoms with Crippen LogP contribution in [0.2, 0.25) is 9.36 Å². The molecule has 0 unspecified atom stereocenters. The summed E-state index contributed by atoms with van der Waals surface area (Å²) in [7, 11) is 4.24. The molecule has 0 atom stereocenters. The molecule has 0 N–H and O–H groups in total. The van der Waals surface area contributed by atoms with Gasteiger partial charge in [-0.3, -0.25) is 0 Å². The number of hydrogen-bond acceptors (Lipinski definition) is 1. The molecule has 1 aromatic carbocycles. The van der Waals surface area contributed by atoms with Gasteiger partial charge in [0.2, 0.25) is 0 Å². The van der Waals surface area contributed by atoms with Gasteiger partial charge in [-0.1, -0.05) is 0 Å². The fourth-order valence-electron chi connectivity index (χ4n) is 1.38. The molecule has 1 rings (SSSR count). The molecule has 0 spiro atoms. The first-order valence-electron chi connectivity index (χ1n) is 4.39. The summed E-state index contributed by atoms with van der Waals surface area (Å²) in [6.45, 7) is 0. The zero-order chi connectivity index (χ0) is 9.14. The molecule has 0 heterocycles. The van der Waals surface area contributed by atoms with E-state index in [0.717, 1.165) is 0 Å². The van der Waals surface area contributed by atoms with Gasteiger partial charge in [0, 0.05) is 0 Å². The maximum absolute atomic E-state index is 2.43. The Kier molecular flexibility index (Phi) is 3.51. The van der Waals surface area contributed by atoms with Crippen LogP contribution in [-0.4, -0.2) is 35.5 Å². The average molecular weight is 265 g/mol. The first kappa shape index (κ1) is 9.97. The molecule has 0 aliphatic rings. The third-order valence-electron chi connectivity index (χ3n) is 2.04. The molecule has 0 amide bonds. The zero-order valence-electron chi connectivity index (χ0n) is 8.33. The van der Waals surface area contributed by atoms with E-state index in [4.69, 9.17) is 0 Å². The Bertz CT molecular complexity index is 229. The second kappa shape index (κ2) is 4.22. The van der Waals surface area contributed by atoms with Crippen LogP contribution in [0.3, 0.4) is 0 Å². The van der Waals surface area contributed by atoms with Crippen molar-refractivity contribution >= 4 is 30.4 Å². The van der Waals surface area contributed by atoms with Gasteiger partial charge in [0.1, 0.15) is 0 Å². The van der Waals surface area contributed by atoms with Crippen molar-refractivity contribution in [2.75, 3.05) is 19.0 Å². The Morgan fingerprint density at radius 2 is 1.67 bits per heavy atom. The molecular weight excluding hydrogens is 249 g/mol. The molecule has 0 aromatic heterocycles. The Balaban J connectivity index is 3.09. The predicted octanol–water partition coefficient (Wildman–Crippen LogP) is 1.71. The van der Waals surface area contributed by atoms with Gasteiger partial charge >= 0.3 is 83.1 Å². The Morgan fingerprint density at radius 3 is 2.08 bits per heavy atom. The van der Waals surface area contributed by atoms with Crippen LogP contribution in [0.15, 0.2) is 24.3 Å². The van der Waals surface area contributed by atoms with Crippen LogP contribution in [0.1, 0.15) is 0 Å². The van der Waals surface area contributed by atoms with Crippen LogP contribution in [0.5, 0.6) is 0 Å². The topological polar surface area (TPSA) is 3.24 Å². The quantitative estimate of drug-likeness (QED) is 0.787. The normalized spacial score (nSPS) is 9.67. The van der Waals surface area contributed by atoms with Gasteiger partial charge in [0.25, 0.3) is 0 Å². The molecule has 1 aromatic rings. The molecule has 0 saturated heterocycles. The molecule has 0 bridgehead atoms. The predicted molar refractivity (Wildman–Crippen MR) is 57.9 cm³/mol. The van der Waals surface area contributed by atoms with Crippen molar-refractivity contribution in [1.82, 2.24) is 0 Å². The van der Waals surface area contributed by atoms with Crippen LogP contribution in [0.25, 0.3) is 0 Å². The van der Waals surface area contributed by atoms with Crippen LogP contribution < -0.4 is 8.22 Å². The van der Waals surface area contributed by atoms with Crippen molar-refractivity contribution in [2.24, 2.45) is 0 Å². The molecule has 2 heteroatoms. The molecule has 0 aliphatic carbocycles. The summed E-state index contributed by atoms with van der Waals surface area (Å²) in [5.41, 5.74) is 1.42. The molecule has 1 nitrogen and oxygen atoms in total. The number of nitrogens with zero attached hydrogens (tertiary/aromatic N) is 1. The van der Waals surface area contributed by atoms with E-state index in [2.05, 4.69) is 52.6 Å². The summed E-state index contributed by atoms with van der Waals surface area (Å²) in [5, 5.41) is 0. The van der Waals surface area contributed by atoms with Gasteiger partial charge in [0.15, 0.2) is 0 Å². The molecule has 0 radical (unpaired) electrons. The van der Waals surface area contributed by atoms with E-state index < -0.39 is 21.4 Å². The van der Waals surface area contributed by atoms with E-state index in [1.165, 1.54) is 5.69 Å². The fraction of sp³-hybridized carbons (Fsp3) is 0.400. The number of rotatable bonds is 2. The van der Waals surface area contributed by atoms with E-state index in [9.17, 15) is 0 Å². The van der Waals surface area contributed by atoms with E-state index in [1.54, 1.807) is 3.32 Å². The second-order valence-electron chi connectivity index (χ2n) is 3.61. The minimum atomic E-state index is -1.31. The molecule has 0 fully saturated rings. The van der Waals surface area contributed by atoms with E-state index in [1.807, 2.05) is 0 Å². The van der Waals surface area contributed by atoms with E-state index >= 15 is 0 Å². The van der Waals surface area contributed by atoms with Crippen molar-refractivity contribution in [3.63, 3.8) is 0 Å². The second-order valence-corrected chi connectivity index (χ2v) is 12.0. The van der Waals surface area contributed by atoms with E-state index in [-0.39, 0.29) is 0 Å². The number of benzene rings is 1. The Labute approximate surface area is 82.9 Å². The minimum absolute atomic E-state index is 1.31. The fourth-order valence-corrected chi connectivity index (χ4v) is 5.50. The number of para-hydroxylation sites is 1. The van der Waals surface area contributed by atoms with Crippen LogP contribution in [-0.2, 0) is 0 Å². The van der Waals surface area contributed by atoms with Crippen molar-refractivity contribution in [3.8, 4) is 0 Å². The first-order valence-corrected chi connectivity index (χ1v) is 12.6. The molecule has 12 heavy (non-hydrogen) atoms. The molecule has 0 saturated carbocycles. The van der Waals surface area contributed by atoms with Gasteiger partial charge in [-0.25, -0.2) is 0 Å². The summed E-state index contributed by atoms with van der Waals surface area (Å²) in [4.78, 5) is 2.21. The SMILES string of the molecule is CN(C)c1cccc[c]1[In]([CH3])[CH3]. The third kappa shape index (κ3) is 2.19. The van der Waals surface area contributed by atoms with Gasteiger partial charge in [-0.05, 0) is 0 Å². The molecule has 64 valence electrons. The summed E-state index contributed by atoms with van der Waals surface area (Å²) in [5.74, 6) is 0. The summed E-state index contributed by atoms with van der Waals surface area (Å²) < 4.78 is 6.50. The maximum atomic E-state index is 2.43. The van der Waals surface area contributed by atoms with Crippen LogP contribution in [0.4, 0.5) is 5.69 Å². The summed E-state index contributed by atoms with van der Waals surface area (Å²) >= 11 is -1.31. The van der Waals surface area contributed by atoms with Crippen molar-refractivity contribution in [3.05, 3.63) is 24.3 Å². The Hall–Kier alpha value is -0.110. The van der Waals surface area contributed by atoms with E-state index in [0.29, 0.717) is 0 Å². The van der Waals surface area contributed by atoms with Gasteiger partial charge in [-0.2, -0.15) is 0 Å². The van der Waals surface area contributed by atoms with Crippen molar-refractivity contribution in [1.29, 1.82) is 0 Å². The average Bonchev–Trinajstić information content (AvgIpc) is 2.04. The van der Waals surface area contributed by atoms with Crippen molar-refractivity contribution < 1.29 is 0 Å². The number of hydrogen-bond donors (Lipinski definition) is 0. The summed E-state index contributed by atoms with van der Waals surface area (Å²) in [6.07, 6.45) is 0. The molecule has 0 aliphatic heterocycles. The van der Waals surface area contributed by atoms with Crippen molar-refractivity contribution in [2.45, 2.75) is 9.36 Å². The van der Waals surface area contributed by atoms with Gasteiger partial charge in [0.05, 0.1) is 0 Å². The van der Waals surface area contributed by atoms with Crippen LogP contribution in [0, 0.1) is 0 Å². The molecular formula is C10H16InN. The zero-order valence-corrected chi connectivity index (χ0v) is 11.6. The van der Waals surface area contributed by atoms with Gasteiger partial charge < -0.3 is 0 Å². The standard InChI is InChI=1S/C8H10N.2CH3.In/c1-9(2)8-6-4-3-5-7-8;;;/h3-6H,1-2H3;2*1H3;. The Morgan fingerprint density at radius 1 is 1.08 bits per heavy atom. The van der Waals surface area contributed by atoms with Gasteiger partial charge in [-0.15, -0.1) is 0 Å². The number of anilines is 1. The first-order chi connectivity index (χ1) is 5.63.